The van der Waals surface area contributed by atoms with Crippen LogP contribution in [0.1, 0.15) is 32.1 Å². The van der Waals surface area contributed by atoms with E-state index in [2.05, 4.69) is 0 Å². The summed E-state index contributed by atoms with van der Waals surface area (Å²) in [5.74, 6) is 0.586. The molecule has 12 heavy (non-hydrogen) atoms. The van der Waals surface area contributed by atoms with Crippen LogP contribution in [0.4, 0.5) is 0 Å². The first-order valence-corrected chi connectivity index (χ1v) is 5.30. The van der Waals surface area contributed by atoms with Crippen LogP contribution in [0.3, 0.4) is 0 Å². The van der Waals surface area contributed by atoms with Crippen molar-refractivity contribution in [2.75, 3.05) is 5.75 Å². The molecule has 0 atom stereocenters. The van der Waals surface area contributed by atoms with Crippen molar-refractivity contribution in [3.05, 3.63) is 0 Å². The molecule has 0 spiro atoms. The number of nitrogens with two attached hydrogens (primary N) is 1. The van der Waals surface area contributed by atoms with Gasteiger partial charge in [-0.2, -0.15) is 0 Å². The Balaban J connectivity index is 2.31. The summed E-state index contributed by atoms with van der Waals surface area (Å²) in [6.45, 7) is 0. The SMILES string of the molecule is N=C(N)SCC1(O)CCCCC1. The Morgan fingerprint density at radius 1 is 1.42 bits per heavy atom. The molecule has 3 nitrogen and oxygen atoms in total. The van der Waals surface area contributed by atoms with Gasteiger partial charge in [-0.05, 0) is 12.8 Å². The number of rotatable bonds is 2. The molecular weight excluding hydrogens is 172 g/mol. The average Bonchev–Trinajstić information content (AvgIpc) is 2.03. The van der Waals surface area contributed by atoms with Gasteiger partial charge in [0.15, 0.2) is 5.17 Å². The summed E-state index contributed by atoms with van der Waals surface area (Å²) < 4.78 is 0. The number of hydrogen-bond acceptors (Lipinski definition) is 3. The van der Waals surface area contributed by atoms with Crippen LogP contribution in [-0.4, -0.2) is 21.6 Å². The second-order valence-electron chi connectivity index (χ2n) is 3.44. The fourth-order valence-corrected chi connectivity index (χ4v) is 2.28. The Morgan fingerprint density at radius 2 is 2.00 bits per heavy atom. The normalized spacial score (nSPS) is 22.1. The highest BCUT2D eigenvalue weighted by atomic mass is 32.2. The summed E-state index contributed by atoms with van der Waals surface area (Å²) in [5, 5.41) is 17.1. The highest BCUT2D eigenvalue weighted by molar-refractivity contribution is 8.13. The van der Waals surface area contributed by atoms with E-state index in [1.165, 1.54) is 18.2 Å². The number of nitrogens with one attached hydrogen (secondary N) is 1. The Hall–Kier alpha value is -0.220. The zero-order chi connectivity index (χ0) is 9.03. The quantitative estimate of drug-likeness (QED) is 0.452. The van der Waals surface area contributed by atoms with Gasteiger partial charge in [-0.25, -0.2) is 0 Å². The van der Waals surface area contributed by atoms with E-state index in [1.807, 2.05) is 0 Å². The first-order valence-electron chi connectivity index (χ1n) is 4.32. The molecule has 0 aromatic heterocycles. The fourth-order valence-electron chi connectivity index (χ4n) is 1.57. The monoisotopic (exact) mass is 188 g/mol. The molecule has 0 bridgehead atoms. The van der Waals surface area contributed by atoms with Gasteiger partial charge in [0.1, 0.15) is 0 Å². The van der Waals surface area contributed by atoms with Crippen molar-refractivity contribution in [3.63, 3.8) is 0 Å². The minimum Gasteiger partial charge on any atom is -0.389 e. The third-order valence-corrected chi connectivity index (χ3v) is 3.27. The molecule has 0 aromatic rings. The number of hydrogen-bond donors (Lipinski definition) is 3. The highest BCUT2D eigenvalue weighted by Crippen LogP contribution is 2.30. The van der Waals surface area contributed by atoms with Crippen molar-refractivity contribution in [3.8, 4) is 0 Å². The van der Waals surface area contributed by atoms with E-state index in [0.717, 1.165) is 25.7 Å². The Kier molecular flexibility index (Phi) is 3.40. The number of amidine groups is 1. The van der Waals surface area contributed by atoms with Crippen molar-refractivity contribution < 1.29 is 5.11 Å². The van der Waals surface area contributed by atoms with Gasteiger partial charge in [-0.1, -0.05) is 31.0 Å². The maximum atomic E-state index is 9.95. The summed E-state index contributed by atoms with van der Waals surface area (Å²) in [5.41, 5.74) is 4.66. The fraction of sp³-hybridized carbons (Fsp3) is 0.875. The minimum atomic E-state index is -0.547. The molecule has 1 aliphatic rings. The smallest absolute Gasteiger partial charge is 0.151 e. The van der Waals surface area contributed by atoms with Gasteiger partial charge in [-0.3, -0.25) is 5.41 Å². The van der Waals surface area contributed by atoms with Crippen LogP contribution in [0.25, 0.3) is 0 Å². The summed E-state index contributed by atoms with van der Waals surface area (Å²) in [7, 11) is 0. The molecule has 1 saturated carbocycles. The summed E-state index contributed by atoms with van der Waals surface area (Å²) in [6.07, 6.45) is 5.18. The standard InChI is InChI=1S/C8H16N2OS/c9-7(10)12-6-8(11)4-2-1-3-5-8/h11H,1-6H2,(H3,9,10). The van der Waals surface area contributed by atoms with Gasteiger partial charge in [-0.15, -0.1) is 0 Å². The van der Waals surface area contributed by atoms with E-state index >= 15 is 0 Å². The third kappa shape index (κ3) is 3.03. The molecule has 70 valence electrons. The second kappa shape index (κ2) is 4.14. The Bertz CT molecular complexity index is 166. The molecule has 0 aliphatic heterocycles. The predicted octanol–water partition coefficient (Wildman–Crippen LogP) is 1.31. The third-order valence-electron chi connectivity index (χ3n) is 2.28. The van der Waals surface area contributed by atoms with Gasteiger partial charge in [0, 0.05) is 5.75 Å². The van der Waals surface area contributed by atoms with Crippen LogP contribution in [0.2, 0.25) is 0 Å². The largest absolute Gasteiger partial charge is 0.389 e. The zero-order valence-electron chi connectivity index (χ0n) is 7.18. The summed E-state index contributed by atoms with van der Waals surface area (Å²) >= 11 is 1.25. The molecule has 0 unspecified atom stereocenters. The average molecular weight is 188 g/mol. The van der Waals surface area contributed by atoms with Gasteiger partial charge < -0.3 is 10.8 Å². The van der Waals surface area contributed by atoms with Crippen LogP contribution in [0.5, 0.6) is 0 Å². The van der Waals surface area contributed by atoms with Crippen LogP contribution in [-0.2, 0) is 0 Å². The lowest BCUT2D eigenvalue weighted by Crippen LogP contribution is -2.34. The highest BCUT2D eigenvalue weighted by Gasteiger charge is 2.29. The van der Waals surface area contributed by atoms with Crippen molar-refractivity contribution in [1.82, 2.24) is 0 Å². The van der Waals surface area contributed by atoms with E-state index in [9.17, 15) is 5.11 Å². The molecule has 4 heteroatoms. The lowest BCUT2D eigenvalue weighted by Gasteiger charge is -2.31. The maximum Gasteiger partial charge on any atom is 0.151 e. The Labute approximate surface area is 77.2 Å². The summed E-state index contributed by atoms with van der Waals surface area (Å²) in [4.78, 5) is 0. The second-order valence-corrected chi connectivity index (χ2v) is 4.46. The van der Waals surface area contributed by atoms with E-state index in [0.29, 0.717) is 5.75 Å². The van der Waals surface area contributed by atoms with Crippen LogP contribution >= 0.6 is 11.8 Å². The summed E-state index contributed by atoms with van der Waals surface area (Å²) in [6, 6.07) is 0. The maximum absolute atomic E-state index is 9.95. The van der Waals surface area contributed by atoms with Crippen molar-refractivity contribution in [1.29, 1.82) is 5.41 Å². The molecule has 0 amide bonds. The van der Waals surface area contributed by atoms with E-state index in [4.69, 9.17) is 11.1 Å². The lowest BCUT2D eigenvalue weighted by atomic mass is 9.86. The van der Waals surface area contributed by atoms with Gasteiger partial charge >= 0.3 is 0 Å². The van der Waals surface area contributed by atoms with Crippen molar-refractivity contribution >= 4 is 16.9 Å². The first kappa shape index (κ1) is 9.86. The Morgan fingerprint density at radius 3 is 2.50 bits per heavy atom. The molecule has 1 fully saturated rings. The molecule has 0 heterocycles. The van der Waals surface area contributed by atoms with Crippen LogP contribution in [0.15, 0.2) is 0 Å². The van der Waals surface area contributed by atoms with E-state index in [-0.39, 0.29) is 5.17 Å². The van der Waals surface area contributed by atoms with Crippen molar-refractivity contribution in [2.45, 2.75) is 37.7 Å². The first-order chi connectivity index (χ1) is 5.62. The number of aliphatic hydroxyl groups is 1. The van der Waals surface area contributed by atoms with Crippen LogP contribution < -0.4 is 5.73 Å². The number of thioether (sulfide) groups is 1. The van der Waals surface area contributed by atoms with Crippen molar-refractivity contribution in [2.24, 2.45) is 5.73 Å². The molecule has 4 N–H and O–H groups in total. The van der Waals surface area contributed by atoms with Crippen LogP contribution in [0, 0.1) is 5.41 Å². The minimum absolute atomic E-state index is 0.106. The molecule has 0 saturated heterocycles. The molecule has 1 aliphatic carbocycles. The molecule has 0 aromatic carbocycles. The predicted molar refractivity (Wildman–Crippen MR) is 52.4 cm³/mol. The van der Waals surface area contributed by atoms with E-state index in [1.54, 1.807) is 0 Å². The van der Waals surface area contributed by atoms with E-state index < -0.39 is 5.60 Å². The van der Waals surface area contributed by atoms with Gasteiger partial charge in [0.25, 0.3) is 0 Å². The lowest BCUT2D eigenvalue weighted by molar-refractivity contribution is 0.0274. The topological polar surface area (TPSA) is 70.1 Å². The molecular formula is C8H16N2OS. The van der Waals surface area contributed by atoms with Gasteiger partial charge in [0.2, 0.25) is 0 Å². The zero-order valence-corrected chi connectivity index (χ0v) is 7.99. The molecule has 1 rings (SSSR count). The van der Waals surface area contributed by atoms with Gasteiger partial charge in [0.05, 0.1) is 5.60 Å². The molecule has 0 radical (unpaired) electrons.